The van der Waals surface area contributed by atoms with Crippen molar-refractivity contribution in [3.8, 4) is 0 Å². The maximum absolute atomic E-state index is 5.27. The van der Waals surface area contributed by atoms with Crippen LogP contribution in [0.4, 0.5) is 11.8 Å². The van der Waals surface area contributed by atoms with Gasteiger partial charge in [-0.2, -0.15) is 4.98 Å². The standard InChI is InChI=1S/C16H27N5S/c1-5-6-17-16(22)20-15-18-13(4)8-14(19-15)21-9-11(2)7-12(3)10-21/h8,11-12H,5-7,9-10H2,1-4H3,(H2,17,18,19,20,22)/t11-,12-/m0/s1. The van der Waals surface area contributed by atoms with E-state index in [0.717, 1.165) is 37.6 Å². The van der Waals surface area contributed by atoms with Crippen LogP contribution >= 0.6 is 12.2 Å². The largest absolute Gasteiger partial charge is 0.362 e. The molecule has 22 heavy (non-hydrogen) atoms. The Bertz CT molecular complexity index is 509. The van der Waals surface area contributed by atoms with Gasteiger partial charge in [-0.3, -0.25) is 0 Å². The Morgan fingerprint density at radius 1 is 1.32 bits per heavy atom. The minimum Gasteiger partial charge on any atom is -0.362 e. The third-order valence-electron chi connectivity index (χ3n) is 3.79. The van der Waals surface area contributed by atoms with Crippen molar-refractivity contribution >= 4 is 29.1 Å². The third kappa shape index (κ3) is 4.80. The van der Waals surface area contributed by atoms with Gasteiger partial charge in [0.15, 0.2) is 5.11 Å². The van der Waals surface area contributed by atoms with Crippen molar-refractivity contribution in [2.75, 3.05) is 29.9 Å². The molecule has 1 aliphatic heterocycles. The first kappa shape index (κ1) is 16.9. The van der Waals surface area contributed by atoms with Crippen molar-refractivity contribution in [2.24, 2.45) is 11.8 Å². The van der Waals surface area contributed by atoms with E-state index in [2.05, 4.69) is 52.3 Å². The highest BCUT2D eigenvalue weighted by Gasteiger charge is 2.23. The number of aromatic nitrogens is 2. The smallest absolute Gasteiger partial charge is 0.231 e. The van der Waals surface area contributed by atoms with Crippen molar-refractivity contribution < 1.29 is 0 Å². The number of thiocarbonyl (C=S) groups is 1. The van der Waals surface area contributed by atoms with Crippen LogP contribution in [-0.2, 0) is 0 Å². The van der Waals surface area contributed by atoms with E-state index in [4.69, 9.17) is 12.2 Å². The highest BCUT2D eigenvalue weighted by Crippen LogP contribution is 2.25. The van der Waals surface area contributed by atoms with Crippen LogP contribution in [0.25, 0.3) is 0 Å². The summed E-state index contributed by atoms with van der Waals surface area (Å²) in [6.45, 7) is 11.7. The zero-order valence-electron chi connectivity index (χ0n) is 14.0. The molecular weight excluding hydrogens is 294 g/mol. The summed E-state index contributed by atoms with van der Waals surface area (Å²) in [6, 6.07) is 2.05. The summed E-state index contributed by atoms with van der Waals surface area (Å²) in [5.41, 5.74) is 0.955. The summed E-state index contributed by atoms with van der Waals surface area (Å²) in [6.07, 6.45) is 2.32. The normalized spacial score (nSPS) is 21.5. The minimum absolute atomic E-state index is 0.578. The first-order chi connectivity index (χ1) is 10.5. The summed E-state index contributed by atoms with van der Waals surface area (Å²) < 4.78 is 0. The van der Waals surface area contributed by atoms with E-state index in [1.807, 2.05) is 6.92 Å². The fraction of sp³-hybridized carbons (Fsp3) is 0.688. The highest BCUT2D eigenvalue weighted by atomic mass is 32.1. The van der Waals surface area contributed by atoms with Gasteiger partial charge in [0.25, 0.3) is 0 Å². The Morgan fingerprint density at radius 2 is 2.00 bits per heavy atom. The molecule has 2 rings (SSSR count). The zero-order valence-corrected chi connectivity index (χ0v) is 14.8. The lowest BCUT2D eigenvalue weighted by Crippen LogP contribution is -2.39. The Hall–Kier alpha value is -1.43. The van der Waals surface area contributed by atoms with E-state index < -0.39 is 0 Å². The fourth-order valence-electron chi connectivity index (χ4n) is 3.00. The van der Waals surface area contributed by atoms with E-state index in [0.29, 0.717) is 22.9 Å². The lowest BCUT2D eigenvalue weighted by Gasteiger charge is -2.36. The second-order valence-corrected chi connectivity index (χ2v) is 6.83. The third-order valence-corrected chi connectivity index (χ3v) is 4.04. The lowest BCUT2D eigenvalue weighted by atomic mass is 9.92. The Labute approximate surface area is 138 Å². The van der Waals surface area contributed by atoms with Crippen LogP contribution in [-0.4, -0.2) is 34.7 Å². The molecule has 1 aromatic rings. The van der Waals surface area contributed by atoms with Gasteiger partial charge in [-0.15, -0.1) is 0 Å². The number of hydrogen-bond donors (Lipinski definition) is 2. The summed E-state index contributed by atoms with van der Waals surface area (Å²) in [4.78, 5) is 11.5. The highest BCUT2D eigenvalue weighted by molar-refractivity contribution is 7.80. The first-order valence-electron chi connectivity index (χ1n) is 8.13. The molecule has 122 valence electrons. The molecular formula is C16H27N5S. The van der Waals surface area contributed by atoms with Gasteiger partial charge in [0.2, 0.25) is 5.95 Å². The maximum Gasteiger partial charge on any atom is 0.231 e. The molecule has 2 atom stereocenters. The van der Waals surface area contributed by atoms with Crippen molar-refractivity contribution in [3.63, 3.8) is 0 Å². The van der Waals surface area contributed by atoms with Crippen LogP contribution in [0.1, 0.15) is 39.3 Å². The molecule has 0 aliphatic carbocycles. The first-order valence-corrected chi connectivity index (χ1v) is 8.54. The molecule has 0 radical (unpaired) electrons. The minimum atomic E-state index is 0.578. The van der Waals surface area contributed by atoms with Gasteiger partial charge in [-0.1, -0.05) is 20.8 Å². The van der Waals surface area contributed by atoms with Gasteiger partial charge in [0.05, 0.1) is 0 Å². The molecule has 1 saturated heterocycles. The van der Waals surface area contributed by atoms with Crippen LogP contribution < -0.4 is 15.5 Å². The number of nitrogens with one attached hydrogen (secondary N) is 2. The number of piperidine rings is 1. The average molecular weight is 321 g/mol. The topological polar surface area (TPSA) is 53.1 Å². The van der Waals surface area contributed by atoms with Crippen LogP contribution in [0.2, 0.25) is 0 Å². The molecule has 6 heteroatoms. The second-order valence-electron chi connectivity index (χ2n) is 6.42. The van der Waals surface area contributed by atoms with E-state index >= 15 is 0 Å². The molecule has 1 fully saturated rings. The van der Waals surface area contributed by atoms with Crippen LogP contribution in [0.15, 0.2) is 6.07 Å². The van der Waals surface area contributed by atoms with Gasteiger partial charge in [0, 0.05) is 31.4 Å². The predicted molar refractivity (Wildman–Crippen MR) is 96.4 cm³/mol. The summed E-state index contributed by atoms with van der Waals surface area (Å²) >= 11 is 5.27. The Balaban J connectivity index is 2.10. The molecule has 5 nitrogen and oxygen atoms in total. The zero-order chi connectivity index (χ0) is 16.1. The van der Waals surface area contributed by atoms with Gasteiger partial charge in [-0.05, 0) is 43.8 Å². The SMILES string of the molecule is CCCNC(=S)Nc1nc(C)cc(N2C[C@@H](C)C[C@H](C)C2)n1. The van der Waals surface area contributed by atoms with Crippen molar-refractivity contribution in [3.05, 3.63) is 11.8 Å². The van der Waals surface area contributed by atoms with E-state index in [-0.39, 0.29) is 0 Å². The van der Waals surface area contributed by atoms with Crippen molar-refractivity contribution in [1.82, 2.24) is 15.3 Å². The van der Waals surface area contributed by atoms with E-state index in [1.165, 1.54) is 6.42 Å². The van der Waals surface area contributed by atoms with E-state index in [9.17, 15) is 0 Å². The number of aryl methyl sites for hydroxylation is 1. The number of hydrogen-bond acceptors (Lipinski definition) is 4. The number of nitrogens with zero attached hydrogens (tertiary/aromatic N) is 3. The van der Waals surface area contributed by atoms with Crippen molar-refractivity contribution in [1.29, 1.82) is 0 Å². The molecule has 2 N–H and O–H groups in total. The molecule has 0 saturated carbocycles. The van der Waals surface area contributed by atoms with Gasteiger partial charge < -0.3 is 15.5 Å². The molecule has 0 spiro atoms. The van der Waals surface area contributed by atoms with Gasteiger partial charge >= 0.3 is 0 Å². The Kier molecular flexibility index (Phi) is 5.94. The summed E-state index contributed by atoms with van der Waals surface area (Å²) in [7, 11) is 0. The van der Waals surface area contributed by atoms with E-state index in [1.54, 1.807) is 0 Å². The molecule has 1 aliphatic rings. The summed E-state index contributed by atoms with van der Waals surface area (Å²) in [5.74, 6) is 2.96. The molecule has 0 bridgehead atoms. The average Bonchev–Trinajstić information content (AvgIpc) is 2.43. The summed E-state index contributed by atoms with van der Waals surface area (Å²) in [5, 5.41) is 6.81. The molecule has 2 heterocycles. The van der Waals surface area contributed by atoms with Crippen LogP contribution in [0.3, 0.4) is 0 Å². The maximum atomic E-state index is 5.27. The molecule has 0 unspecified atom stereocenters. The van der Waals surface area contributed by atoms with Gasteiger partial charge in [-0.25, -0.2) is 4.98 Å². The van der Waals surface area contributed by atoms with Crippen LogP contribution in [0.5, 0.6) is 0 Å². The molecule has 0 amide bonds. The predicted octanol–water partition coefficient (Wildman–Crippen LogP) is 2.96. The monoisotopic (exact) mass is 321 g/mol. The number of rotatable bonds is 4. The van der Waals surface area contributed by atoms with Crippen molar-refractivity contribution in [2.45, 2.75) is 40.5 Å². The molecule has 0 aromatic carbocycles. The quantitative estimate of drug-likeness (QED) is 0.832. The van der Waals surface area contributed by atoms with Gasteiger partial charge in [0.1, 0.15) is 5.82 Å². The second kappa shape index (κ2) is 7.72. The Morgan fingerprint density at radius 3 is 2.64 bits per heavy atom. The van der Waals surface area contributed by atoms with Crippen LogP contribution in [0, 0.1) is 18.8 Å². The lowest BCUT2D eigenvalue weighted by molar-refractivity contribution is 0.355. The molecule has 1 aromatic heterocycles. The number of anilines is 2. The fourth-order valence-corrected chi connectivity index (χ4v) is 3.20.